The third kappa shape index (κ3) is 2.59. The minimum absolute atomic E-state index is 0.728. The maximum Gasteiger partial charge on any atom is 0.0108 e. The molecule has 0 spiro atoms. The highest BCUT2D eigenvalue weighted by atomic mass is 15.2. The maximum atomic E-state index is 3.55. The predicted molar refractivity (Wildman–Crippen MR) is 75.8 cm³/mol. The van der Waals surface area contributed by atoms with Gasteiger partial charge in [0, 0.05) is 25.2 Å². The van der Waals surface area contributed by atoms with Crippen molar-refractivity contribution in [3.8, 4) is 0 Å². The van der Waals surface area contributed by atoms with E-state index < -0.39 is 0 Å². The third-order valence-electron chi connectivity index (χ3n) is 5.40. The lowest BCUT2D eigenvalue weighted by molar-refractivity contribution is 0.192. The monoisotopic (exact) mass is 251 g/mol. The second-order valence-electron chi connectivity index (χ2n) is 6.85. The molecule has 1 N–H and O–H groups in total. The Morgan fingerprint density at radius 3 is 2.39 bits per heavy atom. The quantitative estimate of drug-likeness (QED) is 0.800. The molecular weight excluding hydrogens is 222 g/mol. The molecule has 3 nitrogen and oxygen atoms in total. The normalized spacial score (nSPS) is 39.2. The molecule has 18 heavy (non-hydrogen) atoms. The van der Waals surface area contributed by atoms with Gasteiger partial charge in [-0.15, -0.1) is 0 Å². The van der Waals surface area contributed by atoms with Crippen LogP contribution in [-0.2, 0) is 0 Å². The SMILES string of the molecule is CC(C)N1CCCC(N2C[C@H]3CNC[C@H]3C2)CC1. The average molecular weight is 251 g/mol. The summed E-state index contributed by atoms with van der Waals surface area (Å²) in [5.74, 6) is 1.91. The summed E-state index contributed by atoms with van der Waals surface area (Å²) in [6.07, 6.45) is 4.22. The summed E-state index contributed by atoms with van der Waals surface area (Å²) in [5.41, 5.74) is 0. The fourth-order valence-corrected chi connectivity index (χ4v) is 4.17. The van der Waals surface area contributed by atoms with Gasteiger partial charge >= 0.3 is 0 Å². The molecule has 0 aliphatic carbocycles. The van der Waals surface area contributed by atoms with Crippen LogP contribution in [0.3, 0.4) is 0 Å². The second kappa shape index (κ2) is 5.48. The van der Waals surface area contributed by atoms with Gasteiger partial charge in [-0.25, -0.2) is 0 Å². The van der Waals surface area contributed by atoms with Gasteiger partial charge in [-0.3, -0.25) is 4.90 Å². The van der Waals surface area contributed by atoms with Crippen LogP contribution in [0.4, 0.5) is 0 Å². The van der Waals surface area contributed by atoms with E-state index in [-0.39, 0.29) is 0 Å². The summed E-state index contributed by atoms with van der Waals surface area (Å²) in [6.45, 7) is 12.6. The molecule has 0 aromatic rings. The number of fused-ring (bicyclic) bond motifs is 1. The molecule has 3 atom stereocenters. The molecule has 3 aliphatic rings. The first-order valence-corrected chi connectivity index (χ1v) is 7.93. The van der Waals surface area contributed by atoms with Gasteiger partial charge < -0.3 is 10.2 Å². The van der Waals surface area contributed by atoms with Gasteiger partial charge in [-0.1, -0.05) is 0 Å². The zero-order valence-electron chi connectivity index (χ0n) is 12.1. The number of likely N-dealkylation sites (tertiary alicyclic amines) is 2. The van der Waals surface area contributed by atoms with Crippen LogP contribution >= 0.6 is 0 Å². The van der Waals surface area contributed by atoms with Crippen LogP contribution in [0.15, 0.2) is 0 Å². The number of hydrogen-bond donors (Lipinski definition) is 1. The summed E-state index contributed by atoms with van der Waals surface area (Å²) >= 11 is 0. The van der Waals surface area contributed by atoms with E-state index in [9.17, 15) is 0 Å². The van der Waals surface area contributed by atoms with Gasteiger partial charge in [0.1, 0.15) is 0 Å². The van der Waals surface area contributed by atoms with Gasteiger partial charge in [-0.05, 0) is 71.1 Å². The number of rotatable bonds is 2. The van der Waals surface area contributed by atoms with E-state index in [2.05, 4.69) is 29.0 Å². The zero-order chi connectivity index (χ0) is 12.5. The van der Waals surface area contributed by atoms with E-state index in [1.54, 1.807) is 0 Å². The van der Waals surface area contributed by atoms with Crippen LogP contribution in [0.5, 0.6) is 0 Å². The number of nitrogens with zero attached hydrogens (tertiary/aromatic N) is 2. The fourth-order valence-electron chi connectivity index (χ4n) is 4.17. The minimum Gasteiger partial charge on any atom is -0.316 e. The van der Waals surface area contributed by atoms with Crippen molar-refractivity contribution in [2.24, 2.45) is 11.8 Å². The lowest BCUT2D eigenvalue weighted by Crippen LogP contribution is -2.37. The lowest BCUT2D eigenvalue weighted by atomic mass is 10.0. The standard InChI is InChI=1S/C15H29N3/c1-12(2)17-6-3-4-15(5-7-17)18-10-13-8-16-9-14(13)11-18/h12-16H,3-11H2,1-2H3/t13-,14+,15?. The Balaban J connectivity index is 1.54. The molecule has 0 saturated carbocycles. The molecule has 0 aromatic carbocycles. The van der Waals surface area contributed by atoms with Crippen LogP contribution in [0.25, 0.3) is 0 Å². The second-order valence-corrected chi connectivity index (χ2v) is 6.85. The summed E-state index contributed by atoms with van der Waals surface area (Å²) < 4.78 is 0. The topological polar surface area (TPSA) is 18.5 Å². The Labute approximate surface area is 112 Å². The van der Waals surface area contributed by atoms with Crippen LogP contribution < -0.4 is 5.32 Å². The number of nitrogens with one attached hydrogen (secondary N) is 1. The minimum atomic E-state index is 0.728. The fraction of sp³-hybridized carbons (Fsp3) is 1.00. The van der Waals surface area contributed by atoms with Crippen LogP contribution in [0.1, 0.15) is 33.1 Å². The molecule has 0 bridgehead atoms. The van der Waals surface area contributed by atoms with Gasteiger partial charge in [0.25, 0.3) is 0 Å². The molecule has 104 valence electrons. The van der Waals surface area contributed by atoms with Crippen LogP contribution in [0.2, 0.25) is 0 Å². The first-order chi connectivity index (χ1) is 8.74. The third-order valence-corrected chi connectivity index (χ3v) is 5.40. The van der Waals surface area contributed by atoms with E-state index in [1.165, 1.54) is 58.5 Å². The molecule has 3 rings (SSSR count). The van der Waals surface area contributed by atoms with E-state index in [1.807, 2.05) is 0 Å². The Morgan fingerprint density at radius 1 is 1.00 bits per heavy atom. The molecule has 0 radical (unpaired) electrons. The van der Waals surface area contributed by atoms with Crippen molar-refractivity contribution in [3.63, 3.8) is 0 Å². The van der Waals surface area contributed by atoms with Gasteiger partial charge in [-0.2, -0.15) is 0 Å². The van der Waals surface area contributed by atoms with E-state index in [4.69, 9.17) is 0 Å². The van der Waals surface area contributed by atoms with Gasteiger partial charge in [0.2, 0.25) is 0 Å². The molecule has 1 unspecified atom stereocenters. The van der Waals surface area contributed by atoms with Gasteiger partial charge in [0.15, 0.2) is 0 Å². The predicted octanol–water partition coefficient (Wildman–Crippen LogP) is 1.40. The smallest absolute Gasteiger partial charge is 0.0108 e. The zero-order valence-corrected chi connectivity index (χ0v) is 12.1. The van der Waals surface area contributed by atoms with E-state index in [0.29, 0.717) is 0 Å². The Kier molecular flexibility index (Phi) is 3.92. The molecule has 0 aromatic heterocycles. The molecule has 3 aliphatic heterocycles. The maximum absolute atomic E-state index is 3.55. The lowest BCUT2D eigenvalue weighted by Gasteiger charge is -2.28. The van der Waals surface area contributed by atoms with Crippen molar-refractivity contribution in [2.45, 2.75) is 45.2 Å². The van der Waals surface area contributed by atoms with Crippen molar-refractivity contribution in [3.05, 3.63) is 0 Å². The van der Waals surface area contributed by atoms with Gasteiger partial charge in [0.05, 0.1) is 0 Å². The summed E-state index contributed by atoms with van der Waals surface area (Å²) in [4.78, 5) is 5.48. The molecule has 0 amide bonds. The van der Waals surface area contributed by atoms with Crippen LogP contribution in [0, 0.1) is 11.8 Å². The first kappa shape index (κ1) is 12.9. The Bertz CT molecular complexity index is 267. The van der Waals surface area contributed by atoms with Crippen molar-refractivity contribution in [1.82, 2.24) is 15.1 Å². The van der Waals surface area contributed by atoms with Crippen molar-refractivity contribution < 1.29 is 0 Å². The Morgan fingerprint density at radius 2 is 1.72 bits per heavy atom. The highest BCUT2D eigenvalue weighted by molar-refractivity contribution is 4.94. The molecule has 3 heterocycles. The summed E-state index contributed by atoms with van der Waals surface area (Å²) in [7, 11) is 0. The van der Waals surface area contributed by atoms with E-state index >= 15 is 0 Å². The first-order valence-electron chi connectivity index (χ1n) is 7.93. The molecule has 3 saturated heterocycles. The largest absolute Gasteiger partial charge is 0.316 e. The van der Waals surface area contributed by atoms with Crippen molar-refractivity contribution in [1.29, 1.82) is 0 Å². The molecular formula is C15H29N3. The molecule has 3 heteroatoms. The summed E-state index contributed by atoms with van der Waals surface area (Å²) in [6, 6.07) is 1.60. The highest BCUT2D eigenvalue weighted by Gasteiger charge is 2.38. The van der Waals surface area contributed by atoms with Crippen LogP contribution in [-0.4, -0.2) is 61.2 Å². The number of hydrogen-bond acceptors (Lipinski definition) is 3. The van der Waals surface area contributed by atoms with Crippen molar-refractivity contribution in [2.75, 3.05) is 39.3 Å². The van der Waals surface area contributed by atoms with E-state index in [0.717, 1.165) is 23.9 Å². The Hall–Kier alpha value is -0.120. The molecule has 3 fully saturated rings. The summed E-state index contributed by atoms with van der Waals surface area (Å²) in [5, 5.41) is 3.55. The van der Waals surface area contributed by atoms with Crippen molar-refractivity contribution >= 4 is 0 Å². The highest BCUT2D eigenvalue weighted by Crippen LogP contribution is 2.30. The average Bonchev–Trinajstić information content (AvgIpc) is 2.82.